The van der Waals surface area contributed by atoms with E-state index in [1.54, 1.807) is 0 Å². The summed E-state index contributed by atoms with van der Waals surface area (Å²) >= 11 is 0. The van der Waals surface area contributed by atoms with Crippen molar-refractivity contribution in [3.8, 4) is 6.07 Å². The van der Waals surface area contributed by atoms with Gasteiger partial charge in [-0.05, 0) is 31.6 Å². The molecule has 0 radical (unpaired) electrons. The maximum atomic E-state index is 12.5. The van der Waals surface area contributed by atoms with Gasteiger partial charge in [-0.3, -0.25) is 4.79 Å². The average molecular weight is 250 g/mol. The number of hydrogen-bond donors (Lipinski definition) is 1. The van der Waals surface area contributed by atoms with Crippen molar-refractivity contribution in [2.24, 2.45) is 11.3 Å². The van der Waals surface area contributed by atoms with E-state index in [4.69, 9.17) is 5.26 Å². The van der Waals surface area contributed by atoms with Crippen LogP contribution in [0.25, 0.3) is 0 Å². The van der Waals surface area contributed by atoms with Gasteiger partial charge in [0.15, 0.2) is 0 Å². The van der Waals surface area contributed by atoms with Crippen LogP contribution in [0.1, 0.15) is 65.7 Å². The zero-order valence-corrected chi connectivity index (χ0v) is 12.0. The van der Waals surface area contributed by atoms with Crippen LogP contribution in [-0.2, 0) is 4.79 Å². The van der Waals surface area contributed by atoms with Gasteiger partial charge in [-0.15, -0.1) is 0 Å². The molecule has 0 heterocycles. The molecule has 0 aromatic heterocycles. The van der Waals surface area contributed by atoms with Gasteiger partial charge < -0.3 is 5.32 Å². The molecule has 0 aromatic rings. The van der Waals surface area contributed by atoms with E-state index >= 15 is 0 Å². The van der Waals surface area contributed by atoms with E-state index in [1.807, 2.05) is 6.92 Å². The minimum absolute atomic E-state index is 0.119. The normalized spacial score (nSPS) is 19.5. The molecule has 3 nitrogen and oxygen atoms in total. The minimum Gasteiger partial charge on any atom is -0.340 e. The van der Waals surface area contributed by atoms with Crippen molar-refractivity contribution in [1.29, 1.82) is 5.26 Å². The Morgan fingerprint density at radius 3 is 2.44 bits per heavy atom. The molecule has 1 rings (SSSR count). The Labute approximate surface area is 111 Å². The zero-order valence-electron chi connectivity index (χ0n) is 12.0. The van der Waals surface area contributed by atoms with Crippen LogP contribution in [0.2, 0.25) is 0 Å². The lowest BCUT2D eigenvalue weighted by molar-refractivity contribution is -0.132. The first kappa shape index (κ1) is 15.0. The van der Waals surface area contributed by atoms with Gasteiger partial charge in [-0.1, -0.05) is 40.0 Å². The second kappa shape index (κ2) is 6.78. The summed E-state index contributed by atoms with van der Waals surface area (Å²) in [5.74, 6) is 0.647. The van der Waals surface area contributed by atoms with Gasteiger partial charge in [0.25, 0.3) is 0 Å². The van der Waals surface area contributed by atoms with Crippen LogP contribution < -0.4 is 5.32 Å². The molecular formula is C15H26N2O. The Bertz CT molecular complexity index is 311. The van der Waals surface area contributed by atoms with E-state index in [0.29, 0.717) is 5.92 Å². The number of nitrogens with zero attached hydrogens (tertiary/aromatic N) is 1. The largest absolute Gasteiger partial charge is 0.340 e. The molecule has 0 aromatic carbocycles. The predicted octanol–water partition coefficient (Wildman–Crippen LogP) is 3.40. The number of rotatable bonds is 6. The Kier molecular flexibility index (Phi) is 5.65. The Morgan fingerprint density at radius 1 is 1.39 bits per heavy atom. The summed E-state index contributed by atoms with van der Waals surface area (Å²) in [7, 11) is 0. The van der Waals surface area contributed by atoms with Crippen molar-refractivity contribution >= 4 is 5.91 Å². The minimum atomic E-state index is -0.313. The number of nitriles is 1. The number of carbonyl (C=O) groups excluding carboxylic acids is 1. The first-order valence-electron chi connectivity index (χ1n) is 7.24. The zero-order chi connectivity index (χ0) is 13.6. The fourth-order valence-corrected chi connectivity index (χ4v) is 3.13. The Hall–Kier alpha value is -1.04. The highest BCUT2D eigenvalue weighted by molar-refractivity contribution is 5.83. The van der Waals surface area contributed by atoms with E-state index in [0.717, 1.165) is 44.9 Å². The van der Waals surface area contributed by atoms with E-state index in [2.05, 4.69) is 25.2 Å². The number of hydrogen-bond acceptors (Lipinski definition) is 2. The van der Waals surface area contributed by atoms with Crippen molar-refractivity contribution in [1.82, 2.24) is 5.32 Å². The van der Waals surface area contributed by atoms with E-state index < -0.39 is 0 Å². The van der Waals surface area contributed by atoms with Gasteiger partial charge in [0, 0.05) is 5.41 Å². The van der Waals surface area contributed by atoms with E-state index in [-0.39, 0.29) is 17.4 Å². The smallest absolute Gasteiger partial charge is 0.227 e. The molecule has 1 amide bonds. The molecule has 0 saturated heterocycles. The van der Waals surface area contributed by atoms with Crippen molar-refractivity contribution < 1.29 is 4.79 Å². The van der Waals surface area contributed by atoms with Crippen LogP contribution in [-0.4, -0.2) is 11.9 Å². The summed E-state index contributed by atoms with van der Waals surface area (Å²) in [6.45, 7) is 6.37. The van der Waals surface area contributed by atoms with Crippen LogP contribution in [0.15, 0.2) is 0 Å². The van der Waals surface area contributed by atoms with Crippen molar-refractivity contribution in [2.45, 2.75) is 71.8 Å². The second-order valence-electron chi connectivity index (χ2n) is 6.03. The summed E-state index contributed by atoms with van der Waals surface area (Å²) in [6, 6.07) is 1.88. The molecule has 1 N–H and O–H groups in total. The molecule has 0 spiro atoms. The molecule has 1 unspecified atom stereocenters. The molecule has 1 aliphatic carbocycles. The number of carbonyl (C=O) groups is 1. The van der Waals surface area contributed by atoms with Crippen LogP contribution in [0.4, 0.5) is 0 Å². The lowest BCUT2D eigenvalue weighted by Gasteiger charge is -2.30. The first-order valence-corrected chi connectivity index (χ1v) is 7.24. The lowest BCUT2D eigenvalue weighted by atomic mass is 9.77. The second-order valence-corrected chi connectivity index (χ2v) is 6.03. The third-order valence-corrected chi connectivity index (χ3v) is 3.88. The van der Waals surface area contributed by atoms with Gasteiger partial charge in [0.2, 0.25) is 5.91 Å². The quantitative estimate of drug-likeness (QED) is 0.785. The molecule has 1 aliphatic rings. The topological polar surface area (TPSA) is 52.9 Å². The summed E-state index contributed by atoms with van der Waals surface area (Å²) < 4.78 is 0. The first-order chi connectivity index (χ1) is 8.54. The van der Waals surface area contributed by atoms with Crippen molar-refractivity contribution in [2.75, 3.05) is 0 Å². The molecule has 102 valence electrons. The number of amides is 1. The van der Waals surface area contributed by atoms with E-state index in [9.17, 15) is 4.79 Å². The van der Waals surface area contributed by atoms with Crippen molar-refractivity contribution in [3.05, 3.63) is 0 Å². The monoisotopic (exact) mass is 250 g/mol. The maximum Gasteiger partial charge on any atom is 0.227 e. The average Bonchev–Trinajstić information content (AvgIpc) is 2.77. The molecule has 1 saturated carbocycles. The summed E-state index contributed by atoms with van der Waals surface area (Å²) in [6.07, 6.45) is 6.89. The summed E-state index contributed by atoms with van der Waals surface area (Å²) in [5.41, 5.74) is -0.197. The molecule has 0 bridgehead atoms. The predicted molar refractivity (Wildman–Crippen MR) is 72.8 cm³/mol. The maximum absolute atomic E-state index is 12.5. The molecule has 3 heteroatoms. The van der Waals surface area contributed by atoms with Crippen LogP contribution in [0.3, 0.4) is 0 Å². The summed E-state index contributed by atoms with van der Waals surface area (Å²) in [5, 5.41) is 12.0. The SMILES string of the molecule is CCCC(C#N)NC(=O)C1(CC(C)C)CCCC1. The lowest BCUT2D eigenvalue weighted by Crippen LogP contribution is -2.44. The van der Waals surface area contributed by atoms with Gasteiger partial charge in [0.05, 0.1) is 6.07 Å². The Balaban J connectivity index is 2.68. The van der Waals surface area contributed by atoms with Gasteiger partial charge >= 0.3 is 0 Å². The Morgan fingerprint density at radius 2 is 2.00 bits per heavy atom. The third kappa shape index (κ3) is 3.73. The van der Waals surface area contributed by atoms with E-state index in [1.165, 1.54) is 0 Å². The molecule has 1 fully saturated rings. The highest BCUT2D eigenvalue weighted by atomic mass is 16.2. The molecule has 0 aliphatic heterocycles. The highest BCUT2D eigenvalue weighted by Gasteiger charge is 2.41. The summed E-state index contributed by atoms with van der Waals surface area (Å²) in [4.78, 5) is 12.5. The van der Waals surface area contributed by atoms with Crippen LogP contribution in [0, 0.1) is 22.7 Å². The third-order valence-electron chi connectivity index (χ3n) is 3.88. The highest BCUT2D eigenvalue weighted by Crippen LogP contribution is 2.43. The fraction of sp³-hybridized carbons (Fsp3) is 0.867. The van der Waals surface area contributed by atoms with Crippen molar-refractivity contribution in [3.63, 3.8) is 0 Å². The standard InChI is InChI=1S/C15H26N2O/c1-4-7-13(11-16)17-14(18)15(10-12(2)3)8-5-6-9-15/h12-13H,4-10H2,1-3H3,(H,17,18). The van der Waals surface area contributed by atoms with Crippen LogP contribution in [0.5, 0.6) is 0 Å². The van der Waals surface area contributed by atoms with Gasteiger partial charge in [-0.2, -0.15) is 5.26 Å². The number of nitrogens with one attached hydrogen (secondary N) is 1. The molecule has 1 atom stereocenters. The van der Waals surface area contributed by atoms with Gasteiger partial charge in [0.1, 0.15) is 6.04 Å². The molecular weight excluding hydrogens is 224 g/mol. The molecule has 18 heavy (non-hydrogen) atoms. The fourth-order valence-electron chi connectivity index (χ4n) is 3.13. The van der Waals surface area contributed by atoms with Gasteiger partial charge in [-0.25, -0.2) is 0 Å². The van der Waals surface area contributed by atoms with Crippen LogP contribution >= 0.6 is 0 Å².